The first kappa shape index (κ1) is 28.4. The second-order valence-electron chi connectivity index (χ2n) is 9.77. The van der Waals surface area contributed by atoms with Gasteiger partial charge in [-0.1, -0.05) is 18.2 Å². The van der Waals surface area contributed by atoms with Gasteiger partial charge in [0.05, 0.1) is 17.7 Å². The quantitative estimate of drug-likeness (QED) is 0.267. The predicted octanol–water partition coefficient (Wildman–Crippen LogP) is 4.67. The zero-order chi connectivity index (χ0) is 28.8. The van der Waals surface area contributed by atoms with E-state index >= 15 is 0 Å². The van der Waals surface area contributed by atoms with Crippen molar-refractivity contribution < 1.29 is 22.3 Å². The molecule has 0 radical (unpaired) electrons. The second-order valence-corrected chi connectivity index (χ2v) is 11.5. The SMILES string of the molecule is COC(=O)CNS(=O)(=O)c1ccc(CCN2CC=C(c3c[nH]c(-c4ccc(F)cc4)c3-c3ccncc3)CC2)cc1. The number of H-pyrrole nitrogens is 1. The summed E-state index contributed by atoms with van der Waals surface area (Å²) in [5, 5.41) is 0. The minimum atomic E-state index is -3.78. The summed E-state index contributed by atoms with van der Waals surface area (Å²) >= 11 is 0. The van der Waals surface area contributed by atoms with Crippen LogP contribution in [0.25, 0.3) is 28.0 Å². The Hall–Kier alpha value is -4.12. The summed E-state index contributed by atoms with van der Waals surface area (Å²) < 4.78 is 45.0. The summed E-state index contributed by atoms with van der Waals surface area (Å²) in [5.74, 6) is -0.919. The van der Waals surface area contributed by atoms with E-state index in [4.69, 9.17) is 0 Å². The molecule has 2 aromatic carbocycles. The molecule has 0 saturated carbocycles. The molecule has 212 valence electrons. The number of nitrogens with zero attached hydrogens (tertiary/aromatic N) is 2. The average Bonchev–Trinajstić information content (AvgIpc) is 3.45. The maximum Gasteiger partial charge on any atom is 0.320 e. The molecule has 0 atom stereocenters. The fourth-order valence-corrected chi connectivity index (χ4v) is 5.90. The van der Waals surface area contributed by atoms with Crippen LogP contribution < -0.4 is 4.72 Å². The van der Waals surface area contributed by atoms with Gasteiger partial charge in [0.1, 0.15) is 12.4 Å². The average molecular weight is 575 g/mol. The molecule has 8 nitrogen and oxygen atoms in total. The number of aromatic nitrogens is 2. The number of carbonyl (C=O) groups is 1. The molecule has 4 aromatic rings. The fraction of sp³-hybridized carbons (Fsp3) is 0.226. The molecule has 5 rings (SSSR count). The Labute approximate surface area is 238 Å². The van der Waals surface area contributed by atoms with Crippen molar-refractivity contribution in [2.45, 2.75) is 17.7 Å². The van der Waals surface area contributed by atoms with Crippen molar-refractivity contribution in [2.75, 3.05) is 33.3 Å². The molecule has 0 aliphatic carbocycles. The van der Waals surface area contributed by atoms with E-state index in [1.54, 1.807) is 48.8 Å². The number of rotatable bonds is 10. The Bertz CT molecular complexity index is 1630. The van der Waals surface area contributed by atoms with E-state index in [1.165, 1.54) is 24.8 Å². The van der Waals surface area contributed by atoms with E-state index in [9.17, 15) is 17.6 Å². The van der Waals surface area contributed by atoms with Crippen molar-refractivity contribution >= 4 is 21.6 Å². The van der Waals surface area contributed by atoms with Gasteiger partial charge in [-0.05, 0) is 83.6 Å². The Balaban J connectivity index is 1.25. The van der Waals surface area contributed by atoms with Crippen LogP contribution in [0.15, 0.2) is 90.2 Å². The third kappa shape index (κ3) is 6.79. The van der Waals surface area contributed by atoms with Crippen molar-refractivity contribution in [1.82, 2.24) is 19.6 Å². The van der Waals surface area contributed by atoms with Gasteiger partial charge in [-0.15, -0.1) is 0 Å². The molecule has 2 N–H and O–H groups in total. The van der Waals surface area contributed by atoms with Crippen LogP contribution >= 0.6 is 0 Å². The molecule has 0 amide bonds. The van der Waals surface area contributed by atoms with Gasteiger partial charge in [-0.3, -0.25) is 14.7 Å². The van der Waals surface area contributed by atoms with Gasteiger partial charge in [-0.25, -0.2) is 12.8 Å². The standard InChI is InChI=1S/C31H31FN4O4S/c1-40-29(37)21-35-41(38,39)27-8-2-22(3-9-27)12-17-36-18-13-23(14-19-36)28-20-34-31(25-4-6-26(32)7-5-25)30(28)24-10-15-33-16-11-24/h2-11,13,15-16,20,34-35H,12,14,17-19,21H2,1H3. The molecule has 10 heteroatoms. The van der Waals surface area contributed by atoms with Crippen LogP contribution in [0.3, 0.4) is 0 Å². The topological polar surface area (TPSA) is 104 Å². The molecule has 0 spiro atoms. The first-order chi connectivity index (χ1) is 19.8. The summed E-state index contributed by atoms with van der Waals surface area (Å²) in [7, 11) is -2.58. The highest BCUT2D eigenvalue weighted by Gasteiger charge is 2.21. The number of esters is 1. The summed E-state index contributed by atoms with van der Waals surface area (Å²) in [5.41, 5.74) is 7.40. The number of hydrogen-bond acceptors (Lipinski definition) is 6. The van der Waals surface area contributed by atoms with Gasteiger partial charge >= 0.3 is 5.97 Å². The van der Waals surface area contributed by atoms with Gasteiger partial charge in [-0.2, -0.15) is 4.72 Å². The number of carbonyl (C=O) groups excluding carboxylic acids is 1. The van der Waals surface area contributed by atoms with Crippen molar-refractivity contribution in [2.24, 2.45) is 0 Å². The number of nitrogens with one attached hydrogen (secondary N) is 2. The maximum atomic E-state index is 13.6. The van der Waals surface area contributed by atoms with Crippen LogP contribution in [0.4, 0.5) is 4.39 Å². The molecule has 1 aliphatic rings. The Morgan fingerprint density at radius 2 is 1.78 bits per heavy atom. The van der Waals surface area contributed by atoms with Crippen molar-refractivity contribution in [1.29, 1.82) is 0 Å². The number of hydrogen-bond donors (Lipinski definition) is 2. The van der Waals surface area contributed by atoms with Crippen molar-refractivity contribution in [3.8, 4) is 22.4 Å². The minimum absolute atomic E-state index is 0.104. The van der Waals surface area contributed by atoms with Crippen LogP contribution in [0.2, 0.25) is 0 Å². The third-order valence-electron chi connectivity index (χ3n) is 7.21. The first-order valence-corrected chi connectivity index (χ1v) is 14.8. The normalized spacial score (nSPS) is 14.0. The van der Waals surface area contributed by atoms with E-state index < -0.39 is 22.5 Å². The molecule has 3 heterocycles. The lowest BCUT2D eigenvalue weighted by molar-refractivity contribution is -0.139. The predicted molar refractivity (Wildman–Crippen MR) is 156 cm³/mol. The van der Waals surface area contributed by atoms with E-state index in [0.717, 1.165) is 66.0 Å². The van der Waals surface area contributed by atoms with Crippen molar-refractivity contribution in [3.63, 3.8) is 0 Å². The van der Waals surface area contributed by atoms with Crippen LogP contribution in [0.1, 0.15) is 17.5 Å². The maximum absolute atomic E-state index is 13.6. The number of methoxy groups -OCH3 is 1. The largest absolute Gasteiger partial charge is 0.468 e. The Kier molecular flexibility index (Phi) is 8.72. The van der Waals surface area contributed by atoms with Gasteiger partial charge in [0, 0.05) is 49.4 Å². The molecule has 0 unspecified atom stereocenters. The van der Waals surface area contributed by atoms with Crippen molar-refractivity contribution in [3.05, 3.63) is 102 Å². The van der Waals surface area contributed by atoms with E-state index in [-0.39, 0.29) is 10.7 Å². The highest BCUT2D eigenvalue weighted by molar-refractivity contribution is 7.89. The van der Waals surface area contributed by atoms with E-state index in [1.807, 2.05) is 18.3 Å². The molecule has 2 aromatic heterocycles. The summed E-state index contributed by atoms with van der Waals surface area (Å²) in [6.45, 7) is 2.11. The molecule has 0 bridgehead atoms. The first-order valence-electron chi connectivity index (χ1n) is 13.3. The summed E-state index contributed by atoms with van der Waals surface area (Å²) in [6.07, 6.45) is 9.50. The zero-order valence-electron chi connectivity index (χ0n) is 22.6. The Morgan fingerprint density at radius 1 is 1.05 bits per heavy atom. The highest BCUT2D eigenvalue weighted by Crippen LogP contribution is 2.39. The van der Waals surface area contributed by atoms with E-state index in [0.29, 0.717) is 0 Å². The highest BCUT2D eigenvalue weighted by atomic mass is 32.2. The number of benzene rings is 2. The molecular weight excluding hydrogens is 543 g/mol. The van der Waals surface area contributed by atoms with Crippen LogP contribution in [0.5, 0.6) is 0 Å². The Morgan fingerprint density at radius 3 is 2.44 bits per heavy atom. The second kappa shape index (κ2) is 12.6. The number of pyridine rings is 1. The smallest absolute Gasteiger partial charge is 0.320 e. The zero-order valence-corrected chi connectivity index (χ0v) is 23.5. The number of aromatic amines is 1. The number of ether oxygens (including phenoxy) is 1. The molecule has 1 aliphatic heterocycles. The lowest BCUT2D eigenvalue weighted by Gasteiger charge is -2.26. The molecule has 0 fully saturated rings. The summed E-state index contributed by atoms with van der Waals surface area (Å²) in [6, 6.07) is 17.2. The molecule has 41 heavy (non-hydrogen) atoms. The number of sulfonamides is 1. The summed E-state index contributed by atoms with van der Waals surface area (Å²) in [4.78, 5) is 21.3. The van der Waals surface area contributed by atoms with Gasteiger partial charge < -0.3 is 9.72 Å². The van der Waals surface area contributed by atoms with Gasteiger partial charge in [0.2, 0.25) is 10.0 Å². The minimum Gasteiger partial charge on any atom is -0.468 e. The number of halogens is 1. The van der Waals surface area contributed by atoms with Crippen LogP contribution in [-0.2, 0) is 26.0 Å². The van der Waals surface area contributed by atoms with E-state index in [2.05, 4.69) is 30.4 Å². The molecule has 0 saturated heterocycles. The van der Waals surface area contributed by atoms with Gasteiger partial charge in [0.15, 0.2) is 0 Å². The third-order valence-corrected chi connectivity index (χ3v) is 8.62. The van der Waals surface area contributed by atoms with Crippen LogP contribution in [0, 0.1) is 5.82 Å². The lowest BCUT2D eigenvalue weighted by atomic mass is 9.92. The van der Waals surface area contributed by atoms with Crippen LogP contribution in [-0.4, -0.2) is 62.5 Å². The fourth-order valence-electron chi connectivity index (χ4n) is 4.93. The lowest BCUT2D eigenvalue weighted by Crippen LogP contribution is -2.30. The van der Waals surface area contributed by atoms with Gasteiger partial charge in [0.25, 0.3) is 0 Å². The molecular formula is C31H31FN4O4S. The monoisotopic (exact) mass is 574 g/mol.